The van der Waals surface area contributed by atoms with Crippen LogP contribution in [-0.4, -0.2) is 23.8 Å². The number of hydrogen-bond donors (Lipinski definition) is 2. The molecule has 1 aliphatic carbocycles. The van der Waals surface area contributed by atoms with Crippen molar-refractivity contribution in [2.24, 2.45) is 5.16 Å². The fourth-order valence-corrected chi connectivity index (χ4v) is 4.74. The summed E-state index contributed by atoms with van der Waals surface area (Å²) >= 11 is 0. The van der Waals surface area contributed by atoms with Crippen LogP contribution >= 0.6 is 0 Å². The zero-order valence-corrected chi connectivity index (χ0v) is 20.7. The highest BCUT2D eigenvalue weighted by atomic mass is 19.4. The van der Waals surface area contributed by atoms with E-state index >= 15 is 0 Å². The zero-order chi connectivity index (χ0) is 26.0. The van der Waals surface area contributed by atoms with Crippen molar-refractivity contribution < 1.29 is 27.9 Å². The van der Waals surface area contributed by atoms with Gasteiger partial charge in [-0.05, 0) is 59.1 Å². The molecule has 0 aromatic heterocycles. The van der Waals surface area contributed by atoms with Crippen LogP contribution in [0.25, 0.3) is 0 Å². The molecule has 0 unspecified atom stereocenters. The van der Waals surface area contributed by atoms with E-state index < -0.39 is 17.7 Å². The lowest BCUT2D eigenvalue weighted by molar-refractivity contribution is -0.139. The number of alkyl halides is 3. The Morgan fingerprint density at radius 1 is 1.11 bits per heavy atom. The summed E-state index contributed by atoms with van der Waals surface area (Å²) in [6, 6.07) is 10.6. The number of hydrogen-bond acceptors (Lipinski definition) is 4. The molecule has 0 atom stereocenters. The maximum Gasteiger partial charge on any atom is 0.416 e. The average Bonchev–Trinajstić information content (AvgIpc) is 2.86. The molecule has 36 heavy (non-hydrogen) atoms. The molecular formula is C28H35F3N2O3. The summed E-state index contributed by atoms with van der Waals surface area (Å²) in [6.07, 6.45) is 3.36. The molecule has 0 amide bonds. The quantitative estimate of drug-likeness (QED) is 0.193. The Bertz CT molecular complexity index is 1030. The van der Waals surface area contributed by atoms with Crippen LogP contribution in [-0.2, 0) is 41.8 Å². The number of aliphatic carboxylic acids is 1. The molecular weight excluding hydrogens is 469 g/mol. The minimum atomic E-state index is -4.39. The Hall–Kier alpha value is -2.87. The van der Waals surface area contributed by atoms with E-state index in [4.69, 9.17) is 9.94 Å². The first kappa shape index (κ1) is 27.7. The smallest absolute Gasteiger partial charge is 0.416 e. The molecule has 3 rings (SSSR count). The van der Waals surface area contributed by atoms with E-state index in [1.54, 1.807) is 18.3 Å². The van der Waals surface area contributed by atoms with Gasteiger partial charge in [-0.3, -0.25) is 4.79 Å². The third kappa shape index (κ3) is 8.36. The van der Waals surface area contributed by atoms with Crippen molar-refractivity contribution in [2.75, 3.05) is 6.54 Å². The highest BCUT2D eigenvalue weighted by Crippen LogP contribution is 2.41. The van der Waals surface area contributed by atoms with Crippen LogP contribution in [0, 0.1) is 0 Å². The summed E-state index contributed by atoms with van der Waals surface area (Å²) in [5.74, 6) is -0.851. The SMILES string of the molecule is CCc1cc(CC=NOCc2ccc(C3CCCCC3)c(C(F)(F)F)c2)ccc1CNCCC(=O)O. The molecule has 0 aliphatic heterocycles. The summed E-state index contributed by atoms with van der Waals surface area (Å²) in [6.45, 7) is 3.06. The fraction of sp³-hybridized carbons (Fsp3) is 0.500. The van der Waals surface area contributed by atoms with Crippen molar-refractivity contribution in [3.8, 4) is 0 Å². The van der Waals surface area contributed by atoms with E-state index in [0.717, 1.165) is 49.7 Å². The molecule has 196 valence electrons. The predicted octanol–water partition coefficient (Wildman–Crippen LogP) is 6.62. The lowest BCUT2D eigenvalue weighted by Gasteiger charge is -2.25. The number of oxime groups is 1. The van der Waals surface area contributed by atoms with Gasteiger partial charge < -0.3 is 15.3 Å². The van der Waals surface area contributed by atoms with Crippen molar-refractivity contribution in [2.45, 2.75) is 83.5 Å². The molecule has 1 aliphatic rings. The third-order valence-electron chi connectivity index (χ3n) is 6.66. The van der Waals surface area contributed by atoms with Crippen LogP contribution < -0.4 is 5.32 Å². The molecule has 2 aromatic carbocycles. The predicted molar refractivity (Wildman–Crippen MR) is 134 cm³/mol. The third-order valence-corrected chi connectivity index (χ3v) is 6.66. The van der Waals surface area contributed by atoms with Gasteiger partial charge in [-0.25, -0.2) is 0 Å². The number of halogens is 3. The van der Waals surface area contributed by atoms with Crippen molar-refractivity contribution in [3.05, 3.63) is 69.8 Å². The Labute approximate surface area is 210 Å². The van der Waals surface area contributed by atoms with Gasteiger partial charge >= 0.3 is 12.1 Å². The number of rotatable bonds is 12. The molecule has 1 fully saturated rings. The van der Waals surface area contributed by atoms with E-state index in [1.165, 1.54) is 11.6 Å². The lowest BCUT2D eigenvalue weighted by Crippen LogP contribution is -2.18. The number of carbonyl (C=O) groups is 1. The van der Waals surface area contributed by atoms with Crippen molar-refractivity contribution in [3.63, 3.8) is 0 Å². The highest BCUT2D eigenvalue weighted by molar-refractivity contribution is 5.66. The monoisotopic (exact) mass is 504 g/mol. The molecule has 5 nitrogen and oxygen atoms in total. The van der Waals surface area contributed by atoms with E-state index in [-0.39, 0.29) is 18.9 Å². The van der Waals surface area contributed by atoms with E-state index in [0.29, 0.717) is 30.6 Å². The van der Waals surface area contributed by atoms with E-state index in [9.17, 15) is 18.0 Å². The summed E-state index contributed by atoms with van der Waals surface area (Å²) in [7, 11) is 0. The van der Waals surface area contributed by atoms with Crippen molar-refractivity contribution in [1.82, 2.24) is 5.32 Å². The number of nitrogens with zero attached hydrogens (tertiary/aromatic N) is 1. The van der Waals surface area contributed by atoms with Crippen LogP contribution in [0.15, 0.2) is 41.6 Å². The van der Waals surface area contributed by atoms with E-state index in [2.05, 4.69) is 23.5 Å². The Kier molecular flexibility index (Phi) is 10.3. The maximum atomic E-state index is 13.7. The number of carboxylic acids is 1. The molecule has 1 saturated carbocycles. The van der Waals surface area contributed by atoms with Gasteiger partial charge in [0.2, 0.25) is 0 Å². The summed E-state index contributed by atoms with van der Waals surface area (Å²) in [5.41, 5.74) is 3.64. The molecule has 0 saturated heterocycles. The minimum absolute atomic E-state index is 0.0221. The standard InChI is InChI=1S/C28H35F3N2O3/c1-2-22-16-20(8-10-24(22)18-32-14-13-27(34)35)12-15-33-36-19-21-9-11-25(23-6-4-3-5-7-23)26(17-21)28(29,30)31/h8-11,15-17,23,32H,2-7,12-14,18-19H2,1H3,(H,34,35). The average molecular weight is 505 g/mol. The van der Waals surface area contributed by atoms with Gasteiger partial charge in [-0.15, -0.1) is 0 Å². The van der Waals surface area contributed by atoms with Gasteiger partial charge in [0.15, 0.2) is 0 Å². The van der Waals surface area contributed by atoms with Crippen LogP contribution in [0.3, 0.4) is 0 Å². The molecule has 2 N–H and O–H groups in total. The topological polar surface area (TPSA) is 70.9 Å². The molecule has 0 spiro atoms. The number of carboxylic acid groups (broad SMARTS) is 1. The molecule has 8 heteroatoms. The summed E-state index contributed by atoms with van der Waals surface area (Å²) in [5, 5.41) is 15.8. The van der Waals surface area contributed by atoms with Crippen LogP contribution in [0.2, 0.25) is 0 Å². The van der Waals surface area contributed by atoms with Crippen molar-refractivity contribution in [1.29, 1.82) is 0 Å². The first-order chi connectivity index (χ1) is 17.3. The molecule has 0 radical (unpaired) electrons. The Morgan fingerprint density at radius 2 is 1.86 bits per heavy atom. The van der Waals surface area contributed by atoms with Crippen molar-refractivity contribution >= 4 is 12.2 Å². The van der Waals surface area contributed by atoms with Crippen LogP contribution in [0.5, 0.6) is 0 Å². The Morgan fingerprint density at radius 3 is 2.56 bits per heavy atom. The molecule has 2 aromatic rings. The molecule has 0 heterocycles. The highest BCUT2D eigenvalue weighted by Gasteiger charge is 2.35. The number of benzene rings is 2. The first-order valence-electron chi connectivity index (χ1n) is 12.6. The van der Waals surface area contributed by atoms with Gasteiger partial charge in [0, 0.05) is 25.7 Å². The van der Waals surface area contributed by atoms with Crippen LogP contribution in [0.1, 0.15) is 84.7 Å². The van der Waals surface area contributed by atoms with Gasteiger partial charge in [-0.1, -0.05) is 61.7 Å². The largest absolute Gasteiger partial charge is 0.481 e. The minimum Gasteiger partial charge on any atom is -0.481 e. The maximum absolute atomic E-state index is 13.7. The lowest BCUT2D eigenvalue weighted by atomic mass is 9.81. The normalized spacial score (nSPS) is 14.9. The van der Waals surface area contributed by atoms with Crippen LogP contribution in [0.4, 0.5) is 13.2 Å². The van der Waals surface area contributed by atoms with Gasteiger partial charge in [0.1, 0.15) is 6.61 Å². The second-order valence-electron chi connectivity index (χ2n) is 9.30. The van der Waals surface area contributed by atoms with Gasteiger partial charge in [0.05, 0.1) is 12.0 Å². The summed E-state index contributed by atoms with van der Waals surface area (Å²) < 4.78 is 41.2. The number of nitrogens with one attached hydrogen (secondary N) is 1. The van der Waals surface area contributed by atoms with Gasteiger partial charge in [-0.2, -0.15) is 13.2 Å². The zero-order valence-electron chi connectivity index (χ0n) is 20.7. The number of aryl methyl sites for hydroxylation is 1. The fourth-order valence-electron chi connectivity index (χ4n) is 4.74. The van der Waals surface area contributed by atoms with Gasteiger partial charge in [0.25, 0.3) is 0 Å². The van der Waals surface area contributed by atoms with E-state index in [1.807, 2.05) is 12.1 Å². The second-order valence-corrected chi connectivity index (χ2v) is 9.30. The first-order valence-corrected chi connectivity index (χ1v) is 12.6. The summed E-state index contributed by atoms with van der Waals surface area (Å²) in [4.78, 5) is 15.9. The Balaban J connectivity index is 1.54. The second kappa shape index (κ2) is 13.4. The molecule has 0 bridgehead atoms.